The second-order valence-corrected chi connectivity index (χ2v) is 6.37. The standard InChI is InChI=1S/C17H23ClN2O2/c1-4-5-9-20(3)17(22)13-10-12(13)16(21)19-15-8-6-7-14(18)11(15)2/h6-8,12-13H,4-5,9-10H2,1-3H3,(H,19,21). The fourth-order valence-corrected chi connectivity index (χ4v) is 2.69. The van der Waals surface area contributed by atoms with Gasteiger partial charge in [-0.25, -0.2) is 0 Å². The fraction of sp³-hybridized carbons (Fsp3) is 0.529. The van der Waals surface area contributed by atoms with Crippen molar-refractivity contribution in [1.82, 2.24) is 4.90 Å². The minimum atomic E-state index is -0.213. The van der Waals surface area contributed by atoms with Crippen LogP contribution >= 0.6 is 11.6 Å². The van der Waals surface area contributed by atoms with Crippen molar-refractivity contribution < 1.29 is 9.59 Å². The van der Waals surface area contributed by atoms with Gasteiger partial charge in [0.1, 0.15) is 0 Å². The van der Waals surface area contributed by atoms with E-state index in [9.17, 15) is 9.59 Å². The number of hydrogen-bond acceptors (Lipinski definition) is 2. The lowest BCUT2D eigenvalue weighted by Crippen LogP contribution is -2.30. The lowest BCUT2D eigenvalue weighted by Gasteiger charge is -2.16. The van der Waals surface area contributed by atoms with Crippen molar-refractivity contribution in [2.45, 2.75) is 33.1 Å². The normalized spacial score (nSPS) is 19.6. The average Bonchev–Trinajstić information content (AvgIpc) is 3.29. The van der Waals surface area contributed by atoms with Crippen LogP contribution in [0.25, 0.3) is 0 Å². The Bertz CT molecular complexity index is 574. The molecular formula is C17H23ClN2O2. The summed E-state index contributed by atoms with van der Waals surface area (Å²) >= 11 is 6.05. The van der Waals surface area contributed by atoms with E-state index in [4.69, 9.17) is 11.6 Å². The highest BCUT2D eigenvalue weighted by Gasteiger charge is 2.49. The van der Waals surface area contributed by atoms with Gasteiger partial charge in [-0.2, -0.15) is 0 Å². The fourth-order valence-electron chi connectivity index (χ4n) is 2.51. The van der Waals surface area contributed by atoms with E-state index < -0.39 is 0 Å². The molecule has 22 heavy (non-hydrogen) atoms. The summed E-state index contributed by atoms with van der Waals surface area (Å²) in [6.45, 7) is 4.72. The van der Waals surface area contributed by atoms with E-state index in [0.29, 0.717) is 11.4 Å². The van der Waals surface area contributed by atoms with Crippen LogP contribution in [0.5, 0.6) is 0 Å². The molecule has 0 spiro atoms. The summed E-state index contributed by atoms with van der Waals surface area (Å²) in [5.74, 6) is -0.389. The Kier molecular flexibility index (Phi) is 5.46. The summed E-state index contributed by atoms with van der Waals surface area (Å²) < 4.78 is 0. The largest absolute Gasteiger partial charge is 0.346 e. The van der Waals surface area contributed by atoms with Gasteiger partial charge in [0.15, 0.2) is 0 Å². The van der Waals surface area contributed by atoms with Crippen LogP contribution in [0, 0.1) is 18.8 Å². The third-order valence-corrected chi connectivity index (χ3v) is 4.60. The summed E-state index contributed by atoms with van der Waals surface area (Å²) in [6.07, 6.45) is 2.69. The molecule has 1 aromatic carbocycles. The summed E-state index contributed by atoms with van der Waals surface area (Å²) in [7, 11) is 1.81. The number of unbranched alkanes of at least 4 members (excludes halogenated alkanes) is 1. The number of rotatable bonds is 6. The van der Waals surface area contributed by atoms with Crippen LogP contribution in [-0.4, -0.2) is 30.3 Å². The average molecular weight is 323 g/mol. The van der Waals surface area contributed by atoms with E-state index in [0.717, 1.165) is 30.6 Å². The van der Waals surface area contributed by atoms with Crippen LogP contribution in [0.15, 0.2) is 18.2 Å². The molecule has 2 atom stereocenters. The summed E-state index contributed by atoms with van der Waals surface area (Å²) in [6, 6.07) is 5.42. The molecule has 2 amide bonds. The van der Waals surface area contributed by atoms with Crippen LogP contribution < -0.4 is 5.32 Å². The summed E-state index contributed by atoms with van der Waals surface area (Å²) in [5.41, 5.74) is 1.57. The van der Waals surface area contributed by atoms with Crippen molar-refractivity contribution in [3.05, 3.63) is 28.8 Å². The monoisotopic (exact) mass is 322 g/mol. The molecule has 1 N–H and O–H groups in total. The molecule has 1 saturated carbocycles. The molecule has 5 heteroatoms. The Morgan fingerprint density at radius 2 is 2.09 bits per heavy atom. The molecule has 0 heterocycles. The van der Waals surface area contributed by atoms with Crippen LogP contribution in [0.4, 0.5) is 5.69 Å². The highest BCUT2D eigenvalue weighted by molar-refractivity contribution is 6.31. The number of benzene rings is 1. The highest BCUT2D eigenvalue weighted by atomic mass is 35.5. The van der Waals surface area contributed by atoms with Crippen molar-refractivity contribution >= 4 is 29.1 Å². The van der Waals surface area contributed by atoms with E-state index in [1.807, 2.05) is 20.0 Å². The second-order valence-electron chi connectivity index (χ2n) is 5.96. The number of halogens is 1. The number of nitrogens with one attached hydrogen (secondary N) is 1. The Morgan fingerprint density at radius 1 is 1.36 bits per heavy atom. The van der Waals surface area contributed by atoms with E-state index >= 15 is 0 Å². The SMILES string of the molecule is CCCCN(C)C(=O)C1CC1C(=O)Nc1cccc(Cl)c1C. The minimum absolute atomic E-state index is 0.0800. The lowest BCUT2D eigenvalue weighted by atomic mass is 10.2. The lowest BCUT2D eigenvalue weighted by molar-refractivity contribution is -0.132. The Labute approximate surface area is 136 Å². The molecule has 120 valence electrons. The molecule has 0 aliphatic heterocycles. The highest BCUT2D eigenvalue weighted by Crippen LogP contribution is 2.41. The quantitative estimate of drug-likeness (QED) is 0.871. The molecule has 1 fully saturated rings. The summed E-state index contributed by atoms with van der Waals surface area (Å²) in [5, 5.41) is 3.51. The smallest absolute Gasteiger partial charge is 0.228 e. The molecule has 1 aliphatic rings. The molecule has 2 rings (SSSR count). The van der Waals surface area contributed by atoms with Gasteiger partial charge >= 0.3 is 0 Å². The first-order valence-electron chi connectivity index (χ1n) is 7.76. The van der Waals surface area contributed by atoms with Crippen LogP contribution in [0.1, 0.15) is 31.7 Å². The van der Waals surface area contributed by atoms with E-state index in [2.05, 4.69) is 12.2 Å². The first-order chi connectivity index (χ1) is 10.5. The van der Waals surface area contributed by atoms with Gasteiger partial charge in [-0.15, -0.1) is 0 Å². The van der Waals surface area contributed by atoms with Gasteiger partial charge in [0.2, 0.25) is 11.8 Å². The van der Waals surface area contributed by atoms with Crippen LogP contribution in [-0.2, 0) is 9.59 Å². The topological polar surface area (TPSA) is 49.4 Å². The third kappa shape index (κ3) is 3.80. The van der Waals surface area contributed by atoms with Gasteiger partial charge in [0, 0.05) is 24.3 Å². The van der Waals surface area contributed by atoms with Gasteiger partial charge in [-0.3, -0.25) is 9.59 Å². The number of nitrogens with zero attached hydrogens (tertiary/aromatic N) is 1. The molecular weight excluding hydrogens is 300 g/mol. The summed E-state index contributed by atoms with van der Waals surface area (Å²) in [4.78, 5) is 26.2. The molecule has 4 nitrogen and oxygen atoms in total. The number of anilines is 1. The Hall–Kier alpha value is -1.55. The number of hydrogen-bond donors (Lipinski definition) is 1. The first kappa shape index (κ1) is 16.8. The first-order valence-corrected chi connectivity index (χ1v) is 8.14. The maximum Gasteiger partial charge on any atom is 0.228 e. The van der Waals surface area contributed by atoms with E-state index in [-0.39, 0.29) is 23.7 Å². The van der Waals surface area contributed by atoms with Crippen LogP contribution in [0.2, 0.25) is 5.02 Å². The second kappa shape index (κ2) is 7.14. The molecule has 0 aromatic heterocycles. The van der Waals surface area contributed by atoms with Gasteiger partial charge in [0.25, 0.3) is 0 Å². The maximum atomic E-state index is 12.3. The number of carbonyl (C=O) groups is 2. The Balaban J connectivity index is 1.90. The molecule has 2 unspecified atom stereocenters. The van der Waals surface area contributed by atoms with Crippen LogP contribution in [0.3, 0.4) is 0 Å². The predicted molar refractivity (Wildman–Crippen MR) is 89.0 cm³/mol. The predicted octanol–water partition coefficient (Wildman–Crippen LogP) is 3.48. The molecule has 1 aliphatic carbocycles. The zero-order valence-electron chi connectivity index (χ0n) is 13.4. The van der Waals surface area contributed by atoms with Crippen molar-refractivity contribution in [1.29, 1.82) is 0 Å². The zero-order valence-corrected chi connectivity index (χ0v) is 14.1. The van der Waals surface area contributed by atoms with Gasteiger partial charge in [-0.05, 0) is 37.5 Å². The van der Waals surface area contributed by atoms with Crippen molar-refractivity contribution in [3.63, 3.8) is 0 Å². The van der Waals surface area contributed by atoms with E-state index in [1.165, 1.54) is 0 Å². The number of amides is 2. The maximum absolute atomic E-state index is 12.3. The molecule has 1 aromatic rings. The molecule has 0 radical (unpaired) electrons. The minimum Gasteiger partial charge on any atom is -0.346 e. The zero-order chi connectivity index (χ0) is 16.3. The van der Waals surface area contributed by atoms with Crippen molar-refractivity contribution in [2.24, 2.45) is 11.8 Å². The van der Waals surface area contributed by atoms with Crippen molar-refractivity contribution in [2.75, 3.05) is 18.9 Å². The molecule has 0 bridgehead atoms. The van der Waals surface area contributed by atoms with Gasteiger partial charge < -0.3 is 10.2 Å². The number of carbonyl (C=O) groups excluding carboxylic acids is 2. The third-order valence-electron chi connectivity index (χ3n) is 4.19. The van der Waals surface area contributed by atoms with E-state index in [1.54, 1.807) is 17.0 Å². The Morgan fingerprint density at radius 3 is 2.77 bits per heavy atom. The van der Waals surface area contributed by atoms with Gasteiger partial charge in [0.05, 0.1) is 11.8 Å². The molecule has 0 saturated heterocycles. The van der Waals surface area contributed by atoms with Crippen molar-refractivity contribution in [3.8, 4) is 0 Å². The van der Waals surface area contributed by atoms with Gasteiger partial charge in [-0.1, -0.05) is 31.0 Å².